The van der Waals surface area contributed by atoms with Crippen molar-refractivity contribution in [1.29, 1.82) is 0 Å². The summed E-state index contributed by atoms with van der Waals surface area (Å²) in [7, 11) is -3.30. The van der Waals surface area contributed by atoms with Crippen LogP contribution in [0.1, 0.15) is 25.7 Å². The highest BCUT2D eigenvalue weighted by atomic mass is 79.9. The minimum absolute atomic E-state index is 0.0184. The molecular weight excluding hydrogens is 446 g/mol. The first-order valence-electron chi connectivity index (χ1n) is 9.76. The Labute approximate surface area is 173 Å². The molecule has 28 heavy (non-hydrogen) atoms. The smallest absolute Gasteiger partial charge is 0.245 e. The summed E-state index contributed by atoms with van der Waals surface area (Å²) >= 11 is 3.48. The molecule has 3 N–H and O–H groups in total. The third kappa shape index (κ3) is 4.76. The Balaban J connectivity index is 1.47. The second kappa shape index (κ2) is 8.52. The lowest BCUT2D eigenvalue weighted by atomic mass is 10.3. The number of anilines is 2. The molecule has 0 spiro atoms. The zero-order chi connectivity index (χ0) is 19.6. The Morgan fingerprint density at radius 2 is 2.00 bits per heavy atom. The van der Waals surface area contributed by atoms with Crippen LogP contribution in [0.5, 0.6) is 0 Å². The highest BCUT2D eigenvalue weighted by Crippen LogP contribution is 2.23. The Morgan fingerprint density at radius 3 is 2.75 bits per heavy atom. The van der Waals surface area contributed by atoms with Gasteiger partial charge in [0.2, 0.25) is 16.0 Å². The van der Waals surface area contributed by atoms with E-state index in [0.717, 1.165) is 61.9 Å². The standard InChI is InChI=1S/C17H26BrN7O2S/c18-13-11-15-16(20-7-10-28(26,27)23-14-3-1-2-4-14)21-17(22-25(15)12-13)24-8-5-19-6-9-24/h11-12,14,19,23H,1-10H2,(H,20,21,22). The van der Waals surface area contributed by atoms with E-state index in [1.807, 2.05) is 12.3 Å². The fraction of sp³-hybridized carbons (Fsp3) is 0.647. The SMILES string of the molecule is O=S(=O)(CCNc1nc(N2CCNCC2)nn2cc(Br)cc12)NC1CCCC1. The molecule has 2 aromatic rings. The fourth-order valence-corrected chi connectivity index (χ4v) is 5.39. The van der Waals surface area contributed by atoms with Gasteiger partial charge in [-0.05, 0) is 34.8 Å². The van der Waals surface area contributed by atoms with Gasteiger partial charge in [0.05, 0.1) is 5.75 Å². The number of fused-ring (bicyclic) bond motifs is 1. The Morgan fingerprint density at radius 1 is 1.25 bits per heavy atom. The lowest BCUT2D eigenvalue weighted by molar-refractivity contribution is 0.552. The van der Waals surface area contributed by atoms with Crippen molar-refractivity contribution in [1.82, 2.24) is 24.6 Å². The predicted molar refractivity (Wildman–Crippen MR) is 113 cm³/mol. The monoisotopic (exact) mass is 471 g/mol. The number of hydrogen-bond donors (Lipinski definition) is 3. The number of sulfonamides is 1. The van der Waals surface area contributed by atoms with Crippen molar-refractivity contribution in [2.45, 2.75) is 31.7 Å². The molecule has 4 rings (SSSR count). The van der Waals surface area contributed by atoms with Crippen LogP contribution in [0.3, 0.4) is 0 Å². The molecule has 0 amide bonds. The molecule has 154 valence electrons. The first-order valence-corrected chi connectivity index (χ1v) is 12.2. The number of aromatic nitrogens is 3. The number of hydrogen-bond acceptors (Lipinski definition) is 7. The first kappa shape index (κ1) is 19.9. The second-order valence-corrected chi connectivity index (χ2v) is 10.1. The van der Waals surface area contributed by atoms with Gasteiger partial charge in [0, 0.05) is 49.4 Å². The molecular formula is C17H26BrN7O2S. The van der Waals surface area contributed by atoms with Crippen molar-refractivity contribution in [3.63, 3.8) is 0 Å². The average Bonchev–Trinajstić information content (AvgIpc) is 3.30. The molecule has 11 heteroatoms. The molecule has 1 saturated carbocycles. The largest absolute Gasteiger partial charge is 0.367 e. The van der Waals surface area contributed by atoms with E-state index in [-0.39, 0.29) is 11.8 Å². The third-order valence-corrected chi connectivity index (χ3v) is 7.05. The maximum Gasteiger partial charge on any atom is 0.245 e. The molecule has 1 saturated heterocycles. The van der Waals surface area contributed by atoms with Crippen molar-refractivity contribution in [2.24, 2.45) is 0 Å². The number of nitrogens with one attached hydrogen (secondary N) is 3. The van der Waals surface area contributed by atoms with Crippen LogP contribution >= 0.6 is 15.9 Å². The van der Waals surface area contributed by atoms with Crippen LogP contribution in [0.4, 0.5) is 11.8 Å². The van der Waals surface area contributed by atoms with E-state index < -0.39 is 10.0 Å². The summed E-state index contributed by atoms with van der Waals surface area (Å²) in [6.45, 7) is 3.76. The molecule has 9 nitrogen and oxygen atoms in total. The predicted octanol–water partition coefficient (Wildman–Crippen LogP) is 1.18. The minimum atomic E-state index is -3.30. The van der Waals surface area contributed by atoms with Gasteiger partial charge in [0.15, 0.2) is 5.82 Å². The quantitative estimate of drug-likeness (QED) is 0.556. The van der Waals surface area contributed by atoms with Gasteiger partial charge in [-0.25, -0.2) is 17.7 Å². The second-order valence-electron chi connectivity index (χ2n) is 7.33. The molecule has 0 bridgehead atoms. The van der Waals surface area contributed by atoms with Gasteiger partial charge in [-0.2, -0.15) is 4.98 Å². The summed E-state index contributed by atoms with van der Waals surface area (Å²) in [4.78, 5) is 6.81. The van der Waals surface area contributed by atoms with Crippen molar-refractivity contribution < 1.29 is 8.42 Å². The van der Waals surface area contributed by atoms with E-state index >= 15 is 0 Å². The van der Waals surface area contributed by atoms with Crippen LogP contribution in [-0.4, -0.2) is 67.5 Å². The summed E-state index contributed by atoms with van der Waals surface area (Å²) in [5, 5.41) is 11.1. The maximum atomic E-state index is 12.3. The number of halogens is 1. The van der Waals surface area contributed by atoms with E-state index in [4.69, 9.17) is 0 Å². The molecule has 0 unspecified atom stereocenters. The van der Waals surface area contributed by atoms with E-state index in [9.17, 15) is 8.42 Å². The average molecular weight is 472 g/mol. The van der Waals surface area contributed by atoms with Crippen molar-refractivity contribution >= 4 is 43.2 Å². The molecule has 0 atom stereocenters. The lowest BCUT2D eigenvalue weighted by Gasteiger charge is -2.27. The Kier molecular flexibility index (Phi) is 6.04. The van der Waals surface area contributed by atoms with Gasteiger partial charge in [0.1, 0.15) is 5.52 Å². The highest BCUT2D eigenvalue weighted by Gasteiger charge is 2.21. The Bertz CT molecular complexity index is 921. The van der Waals surface area contributed by atoms with Gasteiger partial charge in [-0.3, -0.25) is 0 Å². The molecule has 2 aromatic heterocycles. The first-order chi connectivity index (χ1) is 13.5. The lowest BCUT2D eigenvalue weighted by Crippen LogP contribution is -2.44. The Hall–Kier alpha value is -1.43. The summed E-state index contributed by atoms with van der Waals surface area (Å²) in [5.74, 6) is 1.31. The molecule has 3 heterocycles. The van der Waals surface area contributed by atoms with Crippen LogP contribution < -0.4 is 20.3 Å². The zero-order valence-electron chi connectivity index (χ0n) is 15.7. The highest BCUT2D eigenvalue weighted by molar-refractivity contribution is 9.10. The van der Waals surface area contributed by atoms with Crippen LogP contribution in [0.15, 0.2) is 16.7 Å². The van der Waals surface area contributed by atoms with E-state index in [1.165, 1.54) is 0 Å². The molecule has 0 aromatic carbocycles. The molecule has 2 aliphatic rings. The van der Waals surface area contributed by atoms with E-state index in [1.54, 1.807) is 4.52 Å². The minimum Gasteiger partial charge on any atom is -0.367 e. The normalized spacial score (nSPS) is 18.8. The topological polar surface area (TPSA) is 104 Å². The van der Waals surface area contributed by atoms with Crippen molar-refractivity contribution in [3.8, 4) is 0 Å². The van der Waals surface area contributed by atoms with Crippen LogP contribution in [0.25, 0.3) is 5.52 Å². The van der Waals surface area contributed by atoms with Crippen LogP contribution in [0.2, 0.25) is 0 Å². The molecule has 1 aliphatic carbocycles. The van der Waals surface area contributed by atoms with Crippen molar-refractivity contribution in [2.75, 3.05) is 48.7 Å². The van der Waals surface area contributed by atoms with Crippen LogP contribution in [-0.2, 0) is 10.0 Å². The van der Waals surface area contributed by atoms with E-state index in [0.29, 0.717) is 18.3 Å². The van der Waals surface area contributed by atoms with Crippen LogP contribution in [0, 0.1) is 0 Å². The maximum absolute atomic E-state index is 12.3. The van der Waals surface area contributed by atoms with Gasteiger partial charge >= 0.3 is 0 Å². The van der Waals surface area contributed by atoms with Gasteiger partial charge in [0.25, 0.3) is 0 Å². The zero-order valence-corrected chi connectivity index (χ0v) is 18.1. The number of nitrogens with zero attached hydrogens (tertiary/aromatic N) is 4. The van der Waals surface area contributed by atoms with Gasteiger partial charge < -0.3 is 15.5 Å². The van der Waals surface area contributed by atoms with Crippen molar-refractivity contribution in [3.05, 3.63) is 16.7 Å². The molecule has 2 fully saturated rings. The summed E-state index contributed by atoms with van der Waals surface area (Å²) in [6.07, 6.45) is 5.95. The molecule has 0 radical (unpaired) electrons. The van der Waals surface area contributed by atoms with E-state index in [2.05, 4.69) is 46.3 Å². The third-order valence-electron chi connectivity index (χ3n) is 5.18. The number of piperazine rings is 1. The van der Waals surface area contributed by atoms with Gasteiger partial charge in [-0.1, -0.05) is 12.8 Å². The summed E-state index contributed by atoms with van der Waals surface area (Å²) in [6, 6.07) is 2.02. The van der Waals surface area contributed by atoms with Gasteiger partial charge in [-0.15, -0.1) is 5.10 Å². The summed E-state index contributed by atoms with van der Waals surface area (Å²) < 4.78 is 30.2. The molecule has 1 aliphatic heterocycles. The number of rotatable bonds is 7. The summed E-state index contributed by atoms with van der Waals surface area (Å²) in [5.41, 5.74) is 0.812. The fourth-order valence-electron chi connectivity index (χ4n) is 3.75.